The van der Waals surface area contributed by atoms with Crippen LogP contribution in [0.1, 0.15) is 52.9 Å². The van der Waals surface area contributed by atoms with E-state index in [1.165, 1.54) is 12.5 Å². The Morgan fingerprint density at radius 1 is 1.40 bits per heavy atom. The van der Waals surface area contributed by atoms with Crippen LogP contribution >= 0.6 is 0 Å². The molecule has 0 radical (unpaired) electrons. The topological polar surface area (TPSA) is 43.4 Å². The van der Waals surface area contributed by atoms with Crippen molar-refractivity contribution in [2.24, 2.45) is 11.8 Å². The minimum Gasteiger partial charge on any atom is -0.461 e. The highest BCUT2D eigenvalue weighted by molar-refractivity contribution is 5.80. The Bertz CT molecular complexity index is 406. The Hall–Kier alpha value is -1.38. The van der Waals surface area contributed by atoms with Crippen molar-refractivity contribution < 1.29 is 14.3 Å². The zero-order valence-corrected chi connectivity index (χ0v) is 12.9. The van der Waals surface area contributed by atoms with Gasteiger partial charge in [-0.3, -0.25) is 9.59 Å². The van der Waals surface area contributed by atoms with Crippen LogP contribution in [0.25, 0.3) is 0 Å². The highest BCUT2D eigenvalue weighted by Gasteiger charge is 2.19. The van der Waals surface area contributed by atoms with Gasteiger partial charge < -0.3 is 4.74 Å². The summed E-state index contributed by atoms with van der Waals surface area (Å²) < 4.78 is 5.03. The normalized spacial score (nSPS) is 27.4. The number of ketones is 1. The molecule has 3 heteroatoms. The molecule has 0 aromatic carbocycles. The smallest absolute Gasteiger partial charge is 0.302 e. The van der Waals surface area contributed by atoms with Gasteiger partial charge in [-0.2, -0.15) is 0 Å². The summed E-state index contributed by atoms with van der Waals surface area (Å²) in [5, 5.41) is 0. The van der Waals surface area contributed by atoms with E-state index in [1.54, 1.807) is 0 Å². The Kier molecular flexibility index (Phi) is 6.69. The van der Waals surface area contributed by atoms with Gasteiger partial charge in [0.2, 0.25) is 0 Å². The van der Waals surface area contributed by atoms with Crippen molar-refractivity contribution in [3.63, 3.8) is 0 Å². The predicted octanol–water partition coefficient (Wildman–Crippen LogP) is 3.84. The third-order valence-electron chi connectivity index (χ3n) is 4.05. The largest absolute Gasteiger partial charge is 0.461 e. The van der Waals surface area contributed by atoms with E-state index in [2.05, 4.69) is 19.6 Å². The van der Waals surface area contributed by atoms with E-state index >= 15 is 0 Å². The minimum atomic E-state index is -0.277. The molecule has 1 unspecified atom stereocenters. The molecule has 0 heterocycles. The summed E-state index contributed by atoms with van der Waals surface area (Å²) in [5.41, 5.74) is 2.21. The van der Waals surface area contributed by atoms with Gasteiger partial charge in [-0.05, 0) is 44.1 Å². The van der Waals surface area contributed by atoms with Crippen LogP contribution in [0, 0.1) is 11.8 Å². The summed E-state index contributed by atoms with van der Waals surface area (Å²) in [6.07, 6.45) is 6.45. The SMILES string of the molecule is C=C(COC(C)=O)[C@H]1C/C=C(\C)CCC(=O)C(C)CC1. The van der Waals surface area contributed by atoms with E-state index in [0.717, 1.165) is 31.3 Å². The molecule has 1 aliphatic rings. The molecule has 2 atom stereocenters. The van der Waals surface area contributed by atoms with Crippen LogP contribution < -0.4 is 0 Å². The Morgan fingerprint density at radius 3 is 2.75 bits per heavy atom. The lowest BCUT2D eigenvalue weighted by Crippen LogP contribution is -2.16. The predicted molar refractivity (Wildman–Crippen MR) is 80.3 cm³/mol. The second-order valence-corrected chi connectivity index (χ2v) is 5.87. The molecule has 3 nitrogen and oxygen atoms in total. The van der Waals surface area contributed by atoms with Crippen LogP contribution in [-0.2, 0) is 14.3 Å². The lowest BCUT2D eigenvalue weighted by molar-refractivity contribution is -0.140. The van der Waals surface area contributed by atoms with Gasteiger partial charge in [-0.25, -0.2) is 0 Å². The molecule has 0 spiro atoms. The molecule has 0 saturated carbocycles. The second-order valence-electron chi connectivity index (χ2n) is 5.87. The monoisotopic (exact) mass is 278 g/mol. The molecule has 1 aliphatic carbocycles. The number of carbonyl (C=O) groups is 2. The molecule has 0 amide bonds. The number of rotatable bonds is 3. The lowest BCUT2D eigenvalue weighted by Gasteiger charge is -2.21. The Labute approximate surface area is 122 Å². The first-order valence-electron chi connectivity index (χ1n) is 7.39. The van der Waals surface area contributed by atoms with Crippen molar-refractivity contribution in [2.45, 2.75) is 52.9 Å². The number of hydrogen-bond acceptors (Lipinski definition) is 3. The van der Waals surface area contributed by atoms with Gasteiger partial charge >= 0.3 is 5.97 Å². The Morgan fingerprint density at radius 2 is 2.10 bits per heavy atom. The Balaban J connectivity index is 2.70. The van der Waals surface area contributed by atoms with Gasteiger partial charge in [-0.15, -0.1) is 0 Å². The fraction of sp³-hybridized carbons (Fsp3) is 0.647. The summed E-state index contributed by atoms with van der Waals surface area (Å²) >= 11 is 0. The number of esters is 1. The van der Waals surface area contributed by atoms with Crippen LogP contribution in [0.2, 0.25) is 0 Å². The van der Waals surface area contributed by atoms with E-state index in [4.69, 9.17) is 4.74 Å². The van der Waals surface area contributed by atoms with E-state index in [9.17, 15) is 9.59 Å². The standard InChI is InChI=1S/C17H26O3/c1-12-5-8-16(14(3)11-20-15(4)18)9-7-13(2)17(19)10-6-12/h5,13,16H,3,6-11H2,1-2,4H3/b12-5+/t13?,16-/m0/s1. The molecule has 0 aromatic heterocycles. The molecule has 0 fully saturated rings. The van der Waals surface area contributed by atoms with Crippen LogP contribution in [0.15, 0.2) is 23.8 Å². The third kappa shape index (κ3) is 5.72. The first kappa shape index (κ1) is 16.7. The molecule has 0 saturated heterocycles. The minimum absolute atomic E-state index is 0.116. The first-order valence-corrected chi connectivity index (χ1v) is 7.39. The highest BCUT2D eigenvalue weighted by Crippen LogP contribution is 2.27. The van der Waals surface area contributed by atoms with Gasteiger partial charge in [0.15, 0.2) is 0 Å². The van der Waals surface area contributed by atoms with Crippen molar-refractivity contribution in [1.29, 1.82) is 0 Å². The molecule has 112 valence electrons. The molecule has 1 rings (SSSR count). The van der Waals surface area contributed by atoms with Gasteiger partial charge in [0.05, 0.1) is 0 Å². The number of ether oxygens (including phenoxy) is 1. The van der Waals surface area contributed by atoms with Gasteiger partial charge in [0.25, 0.3) is 0 Å². The molecule has 0 aliphatic heterocycles. The summed E-state index contributed by atoms with van der Waals surface area (Å²) in [5.74, 6) is 0.479. The van der Waals surface area contributed by atoms with E-state index in [-0.39, 0.29) is 24.4 Å². The molecular weight excluding hydrogens is 252 g/mol. The number of carbonyl (C=O) groups excluding carboxylic acids is 2. The van der Waals surface area contributed by atoms with E-state index in [0.29, 0.717) is 12.2 Å². The van der Waals surface area contributed by atoms with Crippen LogP contribution in [-0.4, -0.2) is 18.4 Å². The maximum Gasteiger partial charge on any atom is 0.302 e. The number of allylic oxidation sites excluding steroid dienone is 2. The number of hydrogen-bond donors (Lipinski definition) is 0. The van der Waals surface area contributed by atoms with Gasteiger partial charge in [0, 0.05) is 19.3 Å². The quantitative estimate of drug-likeness (QED) is 0.582. The zero-order valence-electron chi connectivity index (χ0n) is 12.9. The van der Waals surface area contributed by atoms with Crippen molar-refractivity contribution in [3.8, 4) is 0 Å². The van der Waals surface area contributed by atoms with E-state index < -0.39 is 0 Å². The van der Waals surface area contributed by atoms with Crippen LogP contribution in [0.5, 0.6) is 0 Å². The van der Waals surface area contributed by atoms with Crippen molar-refractivity contribution in [3.05, 3.63) is 23.8 Å². The second kappa shape index (κ2) is 8.03. The van der Waals surface area contributed by atoms with Crippen molar-refractivity contribution >= 4 is 11.8 Å². The first-order chi connectivity index (χ1) is 9.40. The fourth-order valence-corrected chi connectivity index (χ4v) is 2.43. The zero-order chi connectivity index (χ0) is 15.1. The van der Waals surface area contributed by atoms with Crippen LogP contribution in [0.4, 0.5) is 0 Å². The molecule has 0 bridgehead atoms. The van der Waals surface area contributed by atoms with Crippen molar-refractivity contribution in [1.82, 2.24) is 0 Å². The average Bonchev–Trinajstić information content (AvgIpc) is 2.40. The number of Topliss-reactive ketones (excluding diaryl/α,β-unsaturated/α-hetero) is 1. The molecule has 0 N–H and O–H groups in total. The summed E-state index contributed by atoms with van der Waals surface area (Å²) in [6, 6.07) is 0. The maximum atomic E-state index is 11.9. The molecular formula is C17H26O3. The summed E-state index contributed by atoms with van der Waals surface area (Å²) in [7, 11) is 0. The average molecular weight is 278 g/mol. The maximum absolute atomic E-state index is 11.9. The summed E-state index contributed by atoms with van der Waals surface area (Å²) in [6.45, 7) is 9.83. The lowest BCUT2D eigenvalue weighted by atomic mass is 9.85. The molecule has 20 heavy (non-hydrogen) atoms. The van der Waals surface area contributed by atoms with Gasteiger partial charge in [0.1, 0.15) is 12.4 Å². The molecule has 0 aromatic rings. The third-order valence-corrected chi connectivity index (χ3v) is 4.05. The van der Waals surface area contributed by atoms with E-state index in [1.807, 2.05) is 6.92 Å². The van der Waals surface area contributed by atoms with Gasteiger partial charge in [-0.1, -0.05) is 25.2 Å². The van der Waals surface area contributed by atoms with Crippen LogP contribution in [0.3, 0.4) is 0 Å². The fourth-order valence-electron chi connectivity index (χ4n) is 2.43. The van der Waals surface area contributed by atoms with Crippen molar-refractivity contribution in [2.75, 3.05) is 6.61 Å². The highest BCUT2D eigenvalue weighted by atomic mass is 16.5. The summed E-state index contributed by atoms with van der Waals surface area (Å²) in [4.78, 5) is 22.8.